The van der Waals surface area contributed by atoms with Gasteiger partial charge in [-0.25, -0.2) is 0 Å². The van der Waals surface area contributed by atoms with Gasteiger partial charge in [0.25, 0.3) is 0 Å². The molecule has 1 N–H and O–H groups in total. The van der Waals surface area contributed by atoms with Crippen molar-refractivity contribution in [1.82, 2.24) is 5.32 Å². The smallest absolute Gasteiger partial charge is 0.123 e. The highest BCUT2D eigenvalue weighted by Crippen LogP contribution is 2.29. The van der Waals surface area contributed by atoms with Crippen LogP contribution < -0.4 is 10.1 Å². The van der Waals surface area contributed by atoms with Crippen LogP contribution in [0.4, 0.5) is 0 Å². The van der Waals surface area contributed by atoms with Gasteiger partial charge in [0, 0.05) is 19.0 Å². The van der Waals surface area contributed by atoms with Crippen molar-refractivity contribution >= 4 is 0 Å². The van der Waals surface area contributed by atoms with Gasteiger partial charge in [0.15, 0.2) is 0 Å². The second-order valence-electron chi connectivity index (χ2n) is 4.89. The lowest BCUT2D eigenvalue weighted by Gasteiger charge is -2.15. The molecule has 0 bridgehead atoms. The molecule has 1 aromatic carbocycles. The molecule has 0 fully saturated rings. The van der Waals surface area contributed by atoms with Crippen LogP contribution in [0.15, 0.2) is 30.9 Å². The summed E-state index contributed by atoms with van der Waals surface area (Å²) in [4.78, 5) is 0. The molecule has 92 valence electrons. The summed E-state index contributed by atoms with van der Waals surface area (Å²) in [5.41, 5.74) is 2.65. The van der Waals surface area contributed by atoms with E-state index in [0.717, 1.165) is 25.1 Å². The topological polar surface area (TPSA) is 21.3 Å². The van der Waals surface area contributed by atoms with Crippen molar-refractivity contribution < 1.29 is 4.74 Å². The second kappa shape index (κ2) is 5.37. The lowest BCUT2D eigenvalue weighted by atomic mass is 10.1. The molecule has 2 rings (SSSR count). The first-order valence-electron chi connectivity index (χ1n) is 6.29. The van der Waals surface area contributed by atoms with E-state index in [9.17, 15) is 0 Å². The molecule has 2 heteroatoms. The van der Waals surface area contributed by atoms with Crippen molar-refractivity contribution in [3.8, 4) is 5.75 Å². The van der Waals surface area contributed by atoms with Gasteiger partial charge in [0.1, 0.15) is 11.9 Å². The quantitative estimate of drug-likeness (QED) is 0.787. The molecule has 1 aliphatic rings. The molecular formula is C15H21NO. The third-order valence-electron chi connectivity index (χ3n) is 3.17. The first-order chi connectivity index (χ1) is 8.19. The van der Waals surface area contributed by atoms with Crippen LogP contribution in [0.2, 0.25) is 0 Å². The molecule has 0 aromatic heterocycles. The first kappa shape index (κ1) is 12.2. The monoisotopic (exact) mass is 231 g/mol. The molecule has 0 amide bonds. The van der Waals surface area contributed by atoms with Gasteiger partial charge in [-0.1, -0.05) is 23.8 Å². The summed E-state index contributed by atoms with van der Waals surface area (Å²) in [7, 11) is 0. The Kier molecular flexibility index (Phi) is 3.85. The number of nitrogens with one attached hydrogen (secondary N) is 1. The fourth-order valence-corrected chi connectivity index (χ4v) is 2.23. The second-order valence-corrected chi connectivity index (χ2v) is 4.89. The number of aryl methyl sites for hydroxylation is 1. The van der Waals surface area contributed by atoms with Gasteiger partial charge in [0.05, 0.1) is 0 Å². The Morgan fingerprint density at radius 1 is 1.59 bits per heavy atom. The van der Waals surface area contributed by atoms with Gasteiger partial charge in [-0.3, -0.25) is 0 Å². The molecule has 0 aliphatic carbocycles. The predicted molar refractivity (Wildman–Crippen MR) is 71.6 cm³/mol. The number of hydrogen-bond acceptors (Lipinski definition) is 2. The molecule has 0 saturated carbocycles. The summed E-state index contributed by atoms with van der Waals surface area (Å²) < 4.78 is 5.90. The van der Waals surface area contributed by atoms with Gasteiger partial charge in [-0.2, -0.15) is 0 Å². The third kappa shape index (κ3) is 3.10. The molecule has 2 atom stereocenters. The molecule has 1 heterocycles. The Bertz CT molecular complexity index is 400. The minimum absolute atomic E-state index is 0.277. The standard InChI is InChI=1S/C15H21NO/c1-4-5-12(3)16-10-14-9-13-8-11(2)6-7-15(13)17-14/h4,6-8,12,14,16H,1,5,9-10H2,2-3H3. The molecule has 2 nitrogen and oxygen atoms in total. The van der Waals surface area contributed by atoms with Gasteiger partial charge in [0.2, 0.25) is 0 Å². The van der Waals surface area contributed by atoms with Crippen molar-refractivity contribution in [2.45, 2.75) is 38.8 Å². The lowest BCUT2D eigenvalue weighted by Crippen LogP contribution is -2.35. The SMILES string of the molecule is C=CCC(C)NCC1Cc2cc(C)ccc2O1. The van der Waals surface area contributed by atoms with Crippen LogP contribution in [-0.4, -0.2) is 18.7 Å². The van der Waals surface area contributed by atoms with Crippen molar-refractivity contribution in [1.29, 1.82) is 0 Å². The molecule has 0 spiro atoms. The highest BCUT2D eigenvalue weighted by atomic mass is 16.5. The van der Waals surface area contributed by atoms with Crippen LogP contribution in [-0.2, 0) is 6.42 Å². The molecule has 2 unspecified atom stereocenters. The van der Waals surface area contributed by atoms with E-state index in [-0.39, 0.29) is 6.10 Å². The maximum atomic E-state index is 5.90. The van der Waals surface area contributed by atoms with E-state index in [4.69, 9.17) is 4.74 Å². The summed E-state index contributed by atoms with van der Waals surface area (Å²) in [5.74, 6) is 1.05. The summed E-state index contributed by atoms with van der Waals surface area (Å²) in [6, 6.07) is 6.89. The Labute approximate surface area is 104 Å². The van der Waals surface area contributed by atoms with E-state index in [1.54, 1.807) is 0 Å². The van der Waals surface area contributed by atoms with E-state index >= 15 is 0 Å². The summed E-state index contributed by atoms with van der Waals surface area (Å²) in [6.07, 6.45) is 4.24. The predicted octanol–water partition coefficient (Wildman–Crippen LogP) is 2.85. The van der Waals surface area contributed by atoms with Gasteiger partial charge in [-0.05, 0) is 31.9 Å². The van der Waals surface area contributed by atoms with Gasteiger partial charge >= 0.3 is 0 Å². The van der Waals surface area contributed by atoms with Crippen LogP contribution in [0.25, 0.3) is 0 Å². The fraction of sp³-hybridized carbons (Fsp3) is 0.467. The minimum atomic E-state index is 0.277. The normalized spacial score (nSPS) is 19.5. The Morgan fingerprint density at radius 2 is 2.41 bits per heavy atom. The largest absolute Gasteiger partial charge is 0.488 e. The number of benzene rings is 1. The van der Waals surface area contributed by atoms with Crippen molar-refractivity contribution in [2.24, 2.45) is 0 Å². The first-order valence-corrected chi connectivity index (χ1v) is 6.29. The van der Waals surface area contributed by atoms with Gasteiger partial charge < -0.3 is 10.1 Å². The van der Waals surface area contributed by atoms with Crippen LogP contribution in [0.5, 0.6) is 5.75 Å². The summed E-state index contributed by atoms with van der Waals surface area (Å²) in [6.45, 7) is 8.95. The Hall–Kier alpha value is -1.28. The third-order valence-corrected chi connectivity index (χ3v) is 3.17. The van der Waals surface area contributed by atoms with Crippen LogP contribution in [0.1, 0.15) is 24.5 Å². The zero-order chi connectivity index (χ0) is 12.3. The van der Waals surface area contributed by atoms with E-state index in [2.05, 4.69) is 43.9 Å². The van der Waals surface area contributed by atoms with E-state index < -0.39 is 0 Å². The molecule has 17 heavy (non-hydrogen) atoms. The van der Waals surface area contributed by atoms with E-state index in [1.807, 2.05) is 6.08 Å². The zero-order valence-electron chi connectivity index (χ0n) is 10.7. The van der Waals surface area contributed by atoms with Crippen LogP contribution in [0.3, 0.4) is 0 Å². The van der Waals surface area contributed by atoms with Gasteiger partial charge in [-0.15, -0.1) is 6.58 Å². The highest BCUT2D eigenvalue weighted by molar-refractivity contribution is 5.40. The average Bonchev–Trinajstić information content (AvgIpc) is 2.68. The Balaban J connectivity index is 1.86. The highest BCUT2D eigenvalue weighted by Gasteiger charge is 2.22. The van der Waals surface area contributed by atoms with E-state index in [1.165, 1.54) is 11.1 Å². The summed E-state index contributed by atoms with van der Waals surface area (Å²) in [5, 5.41) is 3.48. The summed E-state index contributed by atoms with van der Waals surface area (Å²) >= 11 is 0. The zero-order valence-corrected chi connectivity index (χ0v) is 10.7. The average molecular weight is 231 g/mol. The van der Waals surface area contributed by atoms with E-state index in [0.29, 0.717) is 6.04 Å². The molecular weight excluding hydrogens is 210 g/mol. The molecule has 0 saturated heterocycles. The lowest BCUT2D eigenvalue weighted by molar-refractivity contribution is 0.222. The maximum absolute atomic E-state index is 5.90. The van der Waals surface area contributed by atoms with Crippen LogP contribution >= 0.6 is 0 Å². The van der Waals surface area contributed by atoms with Crippen LogP contribution in [0, 0.1) is 6.92 Å². The number of ether oxygens (including phenoxy) is 1. The van der Waals surface area contributed by atoms with Crippen molar-refractivity contribution in [2.75, 3.05) is 6.54 Å². The number of rotatable bonds is 5. The fourth-order valence-electron chi connectivity index (χ4n) is 2.23. The number of fused-ring (bicyclic) bond motifs is 1. The molecule has 1 aromatic rings. The van der Waals surface area contributed by atoms with Crippen molar-refractivity contribution in [3.05, 3.63) is 42.0 Å². The Morgan fingerprint density at radius 3 is 3.18 bits per heavy atom. The maximum Gasteiger partial charge on any atom is 0.123 e. The molecule has 0 radical (unpaired) electrons. The van der Waals surface area contributed by atoms with Crippen molar-refractivity contribution in [3.63, 3.8) is 0 Å². The number of hydrogen-bond donors (Lipinski definition) is 1. The minimum Gasteiger partial charge on any atom is -0.488 e. The molecule has 1 aliphatic heterocycles.